The monoisotopic (exact) mass is 352 g/mol. The van der Waals surface area contributed by atoms with E-state index in [1.54, 1.807) is 17.6 Å². The first kappa shape index (κ1) is 14.7. The average Bonchev–Trinajstić information content (AvgIpc) is 3.33. The molecule has 4 heterocycles. The minimum atomic E-state index is -0.213. The molecule has 1 unspecified atom stereocenters. The van der Waals surface area contributed by atoms with Gasteiger partial charge in [-0.15, -0.1) is 16.4 Å². The summed E-state index contributed by atoms with van der Waals surface area (Å²) < 4.78 is 7.27. The van der Waals surface area contributed by atoms with Crippen LogP contribution in [0.2, 0.25) is 0 Å². The maximum Gasteiger partial charge on any atom is 0.227 e. The molecule has 1 aliphatic heterocycles. The van der Waals surface area contributed by atoms with E-state index in [1.807, 2.05) is 16.8 Å². The average molecular weight is 352 g/mol. The molecule has 7 heteroatoms. The van der Waals surface area contributed by atoms with Crippen molar-refractivity contribution in [1.82, 2.24) is 14.8 Å². The minimum Gasteiger partial charge on any atom is -0.461 e. The number of allylic oxidation sites excluding steroid dienone is 2. The highest BCUT2D eigenvalue weighted by molar-refractivity contribution is 7.10. The molecule has 0 saturated heterocycles. The normalized spacial score (nSPS) is 19.6. The van der Waals surface area contributed by atoms with Gasteiger partial charge < -0.3 is 9.73 Å². The van der Waals surface area contributed by atoms with Crippen LogP contribution < -0.4 is 5.32 Å². The van der Waals surface area contributed by atoms with Crippen LogP contribution in [0.5, 0.6) is 0 Å². The second-order valence-electron chi connectivity index (χ2n) is 6.35. The van der Waals surface area contributed by atoms with Crippen molar-refractivity contribution in [2.45, 2.75) is 32.2 Å². The molecule has 3 aromatic heterocycles. The van der Waals surface area contributed by atoms with E-state index in [2.05, 4.69) is 33.8 Å². The highest BCUT2D eigenvalue weighted by atomic mass is 32.1. The Hall–Kier alpha value is -2.67. The number of Topliss-reactive ketones (excluding diaryl/α,β-unsaturated/α-hetero) is 1. The van der Waals surface area contributed by atoms with Crippen LogP contribution in [0.15, 0.2) is 45.5 Å². The lowest BCUT2D eigenvalue weighted by atomic mass is 9.87. The quantitative estimate of drug-likeness (QED) is 0.756. The highest BCUT2D eigenvalue weighted by Crippen LogP contribution is 2.43. The molecular formula is C18H16N4O2S. The molecule has 1 atom stereocenters. The molecule has 3 aromatic rings. The third-order valence-corrected chi connectivity index (χ3v) is 5.83. The predicted octanol–water partition coefficient (Wildman–Crippen LogP) is 3.93. The lowest BCUT2D eigenvalue weighted by Gasteiger charge is -2.31. The van der Waals surface area contributed by atoms with Crippen molar-refractivity contribution in [2.24, 2.45) is 0 Å². The summed E-state index contributed by atoms with van der Waals surface area (Å²) in [5, 5.41) is 10.1. The van der Waals surface area contributed by atoms with Crippen LogP contribution in [0.3, 0.4) is 0 Å². The second kappa shape index (κ2) is 5.42. The van der Waals surface area contributed by atoms with Crippen LogP contribution in [-0.2, 0) is 4.79 Å². The van der Waals surface area contributed by atoms with Gasteiger partial charge in [0.25, 0.3) is 0 Å². The molecule has 2 aliphatic rings. The number of carbonyl (C=O) groups is 1. The van der Waals surface area contributed by atoms with Gasteiger partial charge in [-0.2, -0.15) is 4.98 Å². The zero-order chi connectivity index (χ0) is 17.0. The molecule has 126 valence electrons. The first-order valence-corrected chi connectivity index (χ1v) is 9.18. The smallest absolute Gasteiger partial charge is 0.227 e. The van der Waals surface area contributed by atoms with E-state index in [4.69, 9.17) is 4.42 Å². The number of ketones is 1. The summed E-state index contributed by atoms with van der Waals surface area (Å²) in [7, 11) is 0. The van der Waals surface area contributed by atoms with Crippen LogP contribution in [0, 0.1) is 6.92 Å². The summed E-state index contributed by atoms with van der Waals surface area (Å²) >= 11 is 1.66. The Balaban J connectivity index is 1.72. The fourth-order valence-electron chi connectivity index (χ4n) is 3.57. The summed E-state index contributed by atoms with van der Waals surface area (Å²) in [6, 6.07) is 5.52. The van der Waals surface area contributed by atoms with Crippen LogP contribution in [0.4, 0.5) is 5.95 Å². The van der Waals surface area contributed by atoms with E-state index < -0.39 is 0 Å². The van der Waals surface area contributed by atoms with Gasteiger partial charge >= 0.3 is 0 Å². The third-order valence-electron chi connectivity index (χ3n) is 4.76. The minimum absolute atomic E-state index is 0.201. The SMILES string of the molecule is Cc1ccsc1C1C2=C(CCCC2=O)Nc2nc(-c3ccco3)nn21. The Bertz CT molecular complexity index is 996. The maximum atomic E-state index is 12.7. The van der Waals surface area contributed by atoms with Gasteiger partial charge in [-0.3, -0.25) is 4.79 Å². The third kappa shape index (κ3) is 2.19. The fourth-order valence-corrected chi connectivity index (χ4v) is 4.59. The molecule has 0 aromatic carbocycles. The second-order valence-corrected chi connectivity index (χ2v) is 7.29. The summed E-state index contributed by atoms with van der Waals surface area (Å²) in [6.45, 7) is 2.07. The van der Waals surface area contributed by atoms with Crippen molar-refractivity contribution in [3.05, 3.63) is 51.6 Å². The molecule has 1 N–H and O–H groups in total. The van der Waals surface area contributed by atoms with Gasteiger partial charge in [0.05, 0.1) is 6.26 Å². The lowest BCUT2D eigenvalue weighted by Crippen LogP contribution is -2.31. The number of nitrogens with zero attached hydrogens (tertiary/aromatic N) is 3. The van der Waals surface area contributed by atoms with Gasteiger partial charge in [0.2, 0.25) is 11.8 Å². The van der Waals surface area contributed by atoms with E-state index >= 15 is 0 Å². The van der Waals surface area contributed by atoms with Gasteiger partial charge in [0.1, 0.15) is 6.04 Å². The van der Waals surface area contributed by atoms with Crippen LogP contribution in [0.1, 0.15) is 35.7 Å². The standard InChI is InChI=1S/C18H16N4O2S/c1-10-7-9-25-16(10)15-14-11(4-2-5-12(14)23)19-18-20-17(21-22(15)18)13-6-3-8-24-13/h3,6-9,15H,2,4-5H2,1H3,(H,19,20,21). The van der Waals surface area contributed by atoms with Crippen molar-refractivity contribution in [3.8, 4) is 11.6 Å². The van der Waals surface area contributed by atoms with E-state index in [-0.39, 0.29) is 11.8 Å². The number of hydrogen-bond acceptors (Lipinski definition) is 6. The van der Waals surface area contributed by atoms with Gasteiger partial charge in [-0.05, 0) is 48.9 Å². The van der Waals surface area contributed by atoms with Crippen molar-refractivity contribution in [1.29, 1.82) is 0 Å². The van der Waals surface area contributed by atoms with Gasteiger partial charge in [-0.25, -0.2) is 4.68 Å². The number of furan rings is 1. The Kier molecular flexibility index (Phi) is 3.18. The number of nitrogens with one attached hydrogen (secondary N) is 1. The van der Waals surface area contributed by atoms with Gasteiger partial charge in [-0.1, -0.05) is 0 Å². The number of fused-ring (bicyclic) bond motifs is 1. The number of hydrogen-bond donors (Lipinski definition) is 1. The molecule has 0 spiro atoms. The van der Waals surface area contributed by atoms with E-state index in [1.165, 1.54) is 5.56 Å². The number of aryl methyl sites for hydroxylation is 1. The maximum absolute atomic E-state index is 12.7. The van der Waals surface area contributed by atoms with Crippen LogP contribution in [-0.4, -0.2) is 20.5 Å². The van der Waals surface area contributed by atoms with Crippen LogP contribution in [0.25, 0.3) is 11.6 Å². The topological polar surface area (TPSA) is 73.0 Å². The number of anilines is 1. The molecule has 0 bridgehead atoms. The van der Waals surface area contributed by atoms with E-state index in [0.717, 1.165) is 29.0 Å². The van der Waals surface area contributed by atoms with Gasteiger partial charge in [0, 0.05) is 22.6 Å². The Morgan fingerprint density at radius 1 is 1.36 bits per heavy atom. The van der Waals surface area contributed by atoms with Crippen molar-refractivity contribution >= 4 is 23.1 Å². The Labute approximate surface area is 148 Å². The Morgan fingerprint density at radius 3 is 3.04 bits per heavy atom. The lowest BCUT2D eigenvalue weighted by molar-refractivity contribution is -0.116. The first-order chi connectivity index (χ1) is 12.2. The molecule has 25 heavy (non-hydrogen) atoms. The van der Waals surface area contributed by atoms with E-state index in [0.29, 0.717) is 24.0 Å². The summed E-state index contributed by atoms with van der Waals surface area (Å²) in [5.74, 6) is 2.01. The van der Waals surface area contributed by atoms with Crippen molar-refractivity contribution in [3.63, 3.8) is 0 Å². The molecule has 6 nitrogen and oxygen atoms in total. The fraction of sp³-hybridized carbons (Fsp3) is 0.278. The largest absolute Gasteiger partial charge is 0.461 e. The zero-order valence-electron chi connectivity index (χ0n) is 13.7. The summed E-state index contributed by atoms with van der Waals surface area (Å²) in [4.78, 5) is 18.5. The molecule has 0 amide bonds. The van der Waals surface area contributed by atoms with E-state index in [9.17, 15) is 4.79 Å². The summed E-state index contributed by atoms with van der Waals surface area (Å²) in [6.07, 6.45) is 3.94. The molecule has 0 radical (unpaired) electrons. The van der Waals surface area contributed by atoms with Crippen molar-refractivity contribution < 1.29 is 9.21 Å². The molecule has 5 rings (SSSR count). The number of thiophene rings is 1. The summed E-state index contributed by atoms with van der Waals surface area (Å²) in [5.41, 5.74) is 2.99. The molecular weight excluding hydrogens is 336 g/mol. The number of carbonyl (C=O) groups excluding carboxylic acids is 1. The molecule has 0 fully saturated rings. The highest BCUT2D eigenvalue weighted by Gasteiger charge is 2.38. The first-order valence-electron chi connectivity index (χ1n) is 8.30. The predicted molar refractivity (Wildman–Crippen MR) is 94.4 cm³/mol. The Morgan fingerprint density at radius 2 is 2.28 bits per heavy atom. The zero-order valence-corrected chi connectivity index (χ0v) is 14.5. The number of rotatable bonds is 2. The van der Waals surface area contributed by atoms with Crippen molar-refractivity contribution in [2.75, 3.05) is 5.32 Å². The molecule has 0 saturated carbocycles. The molecule has 1 aliphatic carbocycles. The van der Waals surface area contributed by atoms with Crippen LogP contribution >= 0.6 is 11.3 Å². The number of aromatic nitrogens is 3. The van der Waals surface area contributed by atoms with Gasteiger partial charge in [0.15, 0.2) is 11.5 Å².